The highest BCUT2D eigenvalue weighted by molar-refractivity contribution is 7.13. The zero-order chi connectivity index (χ0) is 49.5. The average molecular weight is 979 g/mol. The molecule has 378 valence electrons. The molecule has 2 aliphatic heterocycles. The van der Waals surface area contributed by atoms with Crippen molar-refractivity contribution in [2.75, 3.05) is 65.8 Å². The van der Waals surface area contributed by atoms with Crippen molar-refractivity contribution in [1.82, 2.24) is 30.3 Å². The molecule has 4 aromatic rings. The number of aryl methyl sites for hydroxylation is 1. The van der Waals surface area contributed by atoms with Crippen LogP contribution in [0, 0.1) is 18.3 Å². The van der Waals surface area contributed by atoms with Crippen molar-refractivity contribution in [3.63, 3.8) is 0 Å². The molecule has 0 spiro atoms. The molecule has 7 rings (SSSR count). The molecule has 3 heterocycles. The number of carbonyl (C=O) groups is 4. The molecule has 14 nitrogen and oxygen atoms in total. The zero-order valence-corrected chi connectivity index (χ0v) is 42.4. The summed E-state index contributed by atoms with van der Waals surface area (Å²) < 4.78 is 17.3. The predicted molar refractivity (Wildman–Crippen MR) is 272 cm³/mol. The third-order valence-corrected chi connectivity index (χ3v) is 14.9. The van der Waals surface area contributed by atoms with E-state index >= 15 is 0 Å². The van der Waals surface area contributed by atoms with Gasteiger partial charge in [-0.3, -0.25) is 24.1 Å². The predicted octanol–water partition coefficient (Wildman–Crippen LogP) is 6.94. The van der Waals surface area contributed by atoms with Gasteiger partial charge in [0.2, 0.25) is 23.6 Å². The molecule has 3 fully saturated rings. The van der Waals surface area contributed by atoms with Crippen LogP contribution in [0.5, 0.6) is 0 Å². The normalized spacial score (nSPS) is 19.6. The highest BCUT2D eigenvalue weighted by Gasteiger charge is 2.45. The summed E-state index contributed by atoms with van der Waals surface area (Å²) in [5.41, 5.74) is 6.62. The second-order valence-electron chi connectivity index (χ2n) is 20.1. The quantitative estimate of drug-likeness (QED) is 0.0704. The van der Waals surface area contributed by atoms with E-state index in [9.17, 15) is 24.3 Å². The van der Waals surface area contributed by atoms with Crippen LogP contribution >= 0.6 is 11.3 Å². The van der Waals surface area contributed by atoms with E-state index in [2.05, 4.69) is 86.1 Å². The Balaban J connectivity index is 0.784. The van der Waals surface area contributed by atoms with Gasteiger partial charge in [0.1, 0.15) is 12.1 Å². The lowest BCUT2D eigenvalue weighted by molar-refractivity contribution is -0.144. The second-order valence-corrected chi connectivity index (χ2v) is 20.9. The van der Waals surface area contributed by atoms with Gasteiger partial charge >= 0.3 is 0 Å². The van der Waals surface area contributed by atoms with Crippen LogP contribution in [-0.4, -0.2) is 138 Å². The molecule has 4 atom stereocenters. The molecule has 4 amide bonds. The summed E-state index contributed by atoms with van der Waals surface area (Å²) in [7, 11) is 0. The van der Waals surface area contributed by atoms with Gasteiger partial charge in [-0.2, -0.15) is 0 Å². The monoisotopic (exact) mass is 979 g/mol. The molecular weight excluding hydrogens is 905 g/mol. The Morgan fingerprint density at radius 1 is 0.771 bits per heavy atom. The van der Waals surface area contributed by atoms with Crippen LogP contribution < -0.4 is 10.6 Å². The minimum absolute atomic E-state index is 0.000942. The number of aliphatic hydroxyl groups is 1. The molecule has 0 bridgehead atoms. The number of hydrogen-bond acceptors (Lipinski definition) is 11. The topological polar surface area (TPSA) is 163 Å². The number of piperazine rings is 1. The van der Waals surface area contributed by atoms with Gasteiger partial charge in [0, 0.05) is 51.6 Å². The van der Waals surface area contributed by atoms with Crippen molar-refractivity contribution in [2.45, 2.75) is 116 Å². The first-order chi connectivity index (χ1) is 33.9. The molecule has 1 saturated carbocycles. The molecule has 3 N–H and O–H groups in total. The molecule has 70 heavy (non-hydrogen) atoms. The molecule has 0 unspecified atom stereocenters. The third kappa shape index (κ3) is 14.5. The number of aliphatic hydroxyl groups excluding tert-OH is 1. The minimum Gasteiger partial charge on any atom is -0.391 e. The first kappa shape index (κ1) is 52.8. The molecule has 1 aromatic heterocycles. The van der Waals surface area contributed by atoms with Crippen molar-refractivity contribution < 1.29 is 38.5 Å². The van der Waals surface area contributed by atoms with Gasteiger partial charge in [0.15, 0.2) is 0 Å². The van der Waals surface area contributed by atoms with Gasteiger partial charge in [0.25, 0.3) is 0 Å². The first-order valence-corrected chi connectivity index (χ1v) is 26.2. The van der Waals surface area contributed by atoms with Crippen molar-refractivity contribution in [3.8, 4) is 10.4 Å². The van der Waals surface area contributed by atoms with E-state index in [-0.39, 0.29) is 69.0 Å². The summed E-state index contributed by atoms with van der Waals surface area (Å²) in [4.78, 5) is 66.0. The molecule has 3 aliphatic rings. The van der Waals surface area contributed by atoms with Gasteiger partial charge in [-0.25, -0.2) is 4.98 Å². The van der Waals surface area contributed by atoms with E-state index in [0.717, 1.165) is 47.6 Å². The first-order valence-electron chi connectivity index (χ1n) is 25.3. The number of carbonyl (C=O) groups excluding carboxylic acids is 4. The van der Waals surface area contributed by atoms with Gasteiger partial charge in [0.05, 0.1) is 74.3 Å². The van der Waals surface area contributed by atoms with E-state index in [4.69, 9.17) is 14.2 Å². The molecule has 2 saturated heterocycles. The van der Waals surface area contributed by atoms with Crippen LogP contribution in [0.1, 0.15) is 101 Å². The highest BCUT2D eigenvalue weighted by Crippen LogP contribution is 2.36. The number of benzene rings is 3. The Morgan fingerprint density at radius 2 is 1.39 bits per heavy atom. The number of aromatic nitrogens is 1. The average Bonchev–Trinajstić information content (AvgIpc) is 3.99. The maximum atomic E-state index is 14.0. The van der Waals surface area contributed by atoms with Crippen LogP contribution in [0.2, 0.25) is 0 Å². The summed E-state index contributed by atoms with van der Waals surface area (Å²) in [5.74, 6) is -0.481. The van der Waals surface area contributed by atoms with Crippen LogP contribution in [-0.2, 0) is 39.9 Å². The summed E-state index contributed by atoms with van der Waals surface area (Å²) in [6.45, 7) is 11.9. The second kappa shape index (κ2) is 25.9. The lowest BCUT2D eigenvalue weighted by Crippen LogP contribution is -2.58. The maximum absolute atomic E-state index is 14.0. The number of rotatable bonds is 22. The van der Waals surface area contributed by atoms with Crippen LogP contribution in [0.4, 0.5) is 0 Å². The SMILES string of the molecule is Cc1ncsc1-c1ccc(CNC(=O)[C@@H]2C[C@@H](O)CN2C(=O)[C@@H](NC(=O)CCOCCOCCOCCC(=O)N2CCN(C(c3ccccc3)c3ccccc3)C[C@H]2C2CCCCC2)C(C)(C)C)cc1. The third-order valence-electron chi connectivity index (χ3n) is 13.9. The Morgan fingerprint density at radius 3 is 1.99 bits per heavy atom. The lowest BCUT2D eigenvalue weighted by atomic mass is 9.81. The van der Waals surface area contributed by atoms with Gasteiger partial charge in [-0.15, -0.1) is 11.3 Å². The van der Waals surface area contributed by atoms with E-state index in [0.29, 0.717) is 45.3 Å². The molecule has 0 radical (unpaired) electrons. The standard InChI is InChI=1S/C55H74N6O8S/c1-39-51(70-38-57-39)44-22-20-40(21-23-44)35-56-53(65)46-34-45(62)36-61(46)54(66)52(55(2,3)4)58-48(63)24-28-67-30-32-69-33-31-68-29-25-49(64)60-27-26-59(37-47(60)41-14-8-5-9-15-41)50(42-16-10-6-11-17-42)43-18-12-7-13-19-43/h6-7,10-13,16-23,38,41,45-47,50,52,62H,5,8-9,14-15,24-37H2,1-4H3,(H,56,65)(H,58,63)/t45-,46+,47+,52-/m1/s1. The van der Waals surface area contributed by atoms with E-state index < -0.39 is 29.5 Å². The van der Waals surface area contributed by atoms with Crippen molar-refractivity contribution >= 4 is 35.0 Å². The Bertz CT molecular complexity index is 2230. The number of β-amino-alcohol motifs (C(OH)–C–C–N with tert-alkyl or cyclic N) is 1. The Kier molecular flexibility index (Phi) is 19.5. The van der Waals surface area contributed by atoms with Gasteiger partial charge < -0.3 is 39.8 Å². The van der Waals surface area contributed by atoms with E-state index in [1.807, 2.05) is 57.5 Å². The Labute approximate surface area is 418 Å². The van der Waals surface area contributed by atoms with Gasteiger partial charge in [-0.1, -0.05) is 125 Å². The van der Waals surface area contributed by atoms with Crippen LogP contribution in [0.15, 0.2) is 90.4 Å². The molecule has 1 aliphatic carbocycles. The number of amides is 4. The van der Waals surface area contributed by atoms with E-state index in [1.54, 1.807) is 11.3 Å². The van der Waals surface area contributed by atoms with Crippen molar-refractivity contribution in [1.29, 1.82) is 0 Å². The highest BCUT2D eigenvalue weighted by atomic mass is 32.1. The number of likely N-dealkylation sites (tertiary alicyclic amines) is 1. The number of thiazole rings is 1. The maximum Gasteiger partial charge on any atom is 0.246 e. The summed E-state index contributed by atoms with van der Waals surface area (Å²) >= 11 is 1.58. The molecule has 3 aromatic carbocycles. The summed E-state index contributed by atoms with van der Waals surface area (Å²) in [6, 6.07) is 27.9. The number of hydrogen-bond donors (Lipinski definition) is 3. The zero-order valence-electron chi connectivity index (χ0n) is 41.6. The molecular formula is C55H74N6O8S. The van der Waals surface area contributed by atoms with E-state index in [1.165, 1.54) is 35.3 Å². The smallest absolute Gasteiger partial charge is 0.246 e. The number of nitrogens with one attached hydrogen (secondary N) is 2. The fourth-order valence-corrected chi connectivity index (χ4v) is 11.0. The lowest BCUT2D eigenvalue weighted by Gasteiger charge is -2.48. The van der Waals surface area contributed by atoms with Gasteiger partial charge in [-0.05, 0) is 53.4 Å². The largest absolute Gasteiger partial charge is 0.391 e. The van der Waals surface area contributed by atoms with Crippen molar-refractivity contribution in [2.24, 2.45) is 11.3 Å². The van der Waals surface area contributed by atoms with Crippen molar-refractivity contribution in [3.05, 3.63) is 113 Å². The summed E-state index contributed by atoms with van der Waals surface area (Å²) in [5, 5.41) is 16.4. The Hall–Kier alpha value is -5.03. The molecule has 15 heteroatoms. The summed E-state index contributed by atoms with van der Waals surface area (Å²) in [6.07, 6.45) is 5.64. The number of ether oxygens (including phenoxy) is 3. The number of nitrogens with zero attached hydrogens (tertiary/aromatic N) is 4. The fourth-order valence-electron chi connectivity index (χ4n) is 10.2. The minimum atomic E-state index is -0.928. The van der Waals surface area contributed by atoms with Crippen LogP contribution in [0.3, 0.4) is 0 Å². The van der Waals surface area contributed by atoms with Crippen LogP contribution in [0.25, 0.3) is 10.4 Å². The fraction of sp³-hybridized carbons (Fsp3) is 0.545.